The molecule has 0 N–H and O–H groups in total. The zero-order chi connectivity index (χ0) is 22.8. The molecule has 3 aromatic rings. The van der Waals surface area contributed by atoms with Crippen molar-refractivity contribution in [2.24, 2.45) is 0 Å². The second-order valence-electron chi connectivity index (χ2n) is 8.84. The van der Waals surface area contributed by atoms with E-state index >= 15 is 0 Å². The first kappa shape index (κ1) is 21.9. The molecule has 0 unspecified atom stereocenters. The van der Waals surface area contributed by atoms with Gasteiger partial charge in [-0.2, -0.15) is 0 Å². The van der Waals surface area contributed by atoms with Crippen LogP contribution in [0.25, 0.3) is 10.8 Å². The maximum atomic E-state index is 13.0. The van der Waals surface area contributed by atoms with E-state index in [1.54, 1.807) is 0 Å². The zero-order valence-electron chi connectivity index (χ0n) is 18.7. The summed E-state index contributed by atoms with van der Waals surface area (Å²) in [4.78, 5) is 32.3. The lowest BCUT2D eigenvalue weighted by Gasteiger charge is -2.36. The van der Waals surface area contributed by atoms with Gasteiger partial charge < -0.3 is 4.90 Å². The van der Waals surface area contributed by atoms with Crippen molar-refractivity contribution < 1.29 is 9.59 Å². The van der Waals surface area contributed by atoms with E-state index in [4.69, 9.17) is 11.6 Å². The summed E-state index contributed by atoms with van der Waals surface area (Å²) in [5.74, 6) is -0.331. The molecule has 5 rings (SSSR count). The number of imide groups is 1. The van der Waals surface area contributed by atoms with Gasteiger partial charge in [0.05, 0.1) is 0 Å². The van der Waals surface area contributed by atoms with Gasteiger partial charge in [-0.15, -0.1) is 0 Å². The summed E-state index contributed by atoms with van der Waals surface area (Å²) in [5, 5.41) is 2.52. The lowest BCUT2D eigenvalue weighted by molar-refractivity contribution is 0.0607. The smallest absolute Gasteiger partial charge is 0.261 e. The molecule has 0 bridgehead atoms. The molecule has 1 fully saturated rings. The van der Waals surface area contributed by atoms with Crippen molar-refractivity contribution >= 4 is 39.9 Å². The van der Waals surface area contributed by atoms with Gasteiger partial charge in [0, 0.05) is 59.9 Å². The monoisotopic (exact) mass is 461 g/mol. The van der Waals surface area contributed by atoms with E-state index in [9.17, 15) is 9.59 Å². The van der Waals surface area contributed by atoms with Gasteiger partial charge in [-0.3, -0.25) is 19.4 Å². The van der Waals surface area contributed by atoms with Gasteiger partial charge >= 0.3 is 0 Å². The summed E-state index contributed by atoms with van der Waals surface area (Å²) in [6.07, 6.45) is 2.90. The van der Waals surface area contributed by atoms with Crippen molar-refractivity contribution in [3.05, 3.63) is 76.8 Å². The van der Waals surface area contributed by atoms with E-state index in [-0.39, 0.29) is 11.8 Å². The molecule has 1 saturated heterocycles. The van der Waals surface area contributed by atoms with Crippen LogP contribution in [0.4, 0.5) is 5.69 Å². The fraction of sp³-hybridized carbons (Fsp3) is 0.333. The molecule has 2 aliphatic rings. The largest absolute Gasteiger partial charge is 0.369 e. The van der Waals surface area contributed by atoms with E-state index in [1.807, 2.05) is 54.6 Å². The number of hydrogen-bond acceptors (Lipinski definition) is 4. The van der Waals surface area contributed by atoms with Gasteiger partial charge in [-0.1, -0.05) is 48.4 Å². The number of unbranched alkanes of at least 4 members (excludes halogenated alkanes) is 2. The summed E-state index contributed by atoms with van der Waals surface area (Å²) in [6.45, 7) is 5.61. The average Bonchev–Trinajstić information content (AvgIpc) is 2.84. The van der Waals surface area contributed by atoms with Gasteiger partial charge in [-0.05, 0) is 55.1 Å². The van der Waals surface area contributed by atoms with Gasteiger partial charge in [0.2, 0.25) is 0 Å². The third-order valence-corrected chi connectivity index (χ3v) is 6.99. The standard InChI is InChI=1S/C27H28ClN3O2/c28-21-9-6-10-22(19-21)30-17-15-29(16-18-30)13-2-1-3-14-31-26(32)23-11-4-7-20-8-5-12-24(25(20)23)27(31)33/h4-12,19H,1-3,13-18H2. The van der Waals surface area contributed by atoms with E-state index in [2.05, 4.69) is 15.9 Å². The van der Waals surface area contributed by atoms with E-state index in [1.165, 1.54) is 10.6 Å². The van der Waals surface area contributed by atoms with Crippen LogP contribution in [0.1, 0.15) is 40.0 Å². The number of nitrogens with zero attached hydrogens (tertiary/aromatic N) is 3. The predicted molar refractivity (Wildman–Crippen MR) is 133 cm³/mol. The topological polar surface area (TPSA) is 43.9 Å². The number of amides is 2. The molecule has 6 heteroatoms. The molecule has 2 aliphatic heterocycles. The molecule has 2 amide bonds. The van der Waals surface area contributed by atoms with Crippen LogP contribution in [-0.4, -0.2) is 60.9 Å². The Hall–Kier alpha value is -2.89. The summed E-state index contributed by atoms with van der Waals surface area (Å²) < 4.78 is 0. The molecule has 0 saturated carbocycles. The van der Waals surface area contributed by atoms with Crippen molar-refractivity contribution in [2.75, 3.05) is 44.2 Å². The van der Waals surface area contributed by atoms with Gasteiger partial charge in [0.25, 0.3) is 11.8 Å². The molecule has 0 aliphatic carbocycles. The van der Waals surface area contributed by atoms with E-state index in [0.29, 0.717) is 17.7 Å². The summed E-state index contributed by atoms with van der Waals surface area (Å²) >= 11 is 6.13. The lowest BCUT2D eigenvalue weighted by atomic mass is 9.94. The van der Waals surface area contributed by atoms with Gasteiger partial charge in [0.1, 0.15) is 0 Å². The van der Waals surface area contributed by atoms with Crippen molar-refractivity contribution in [1.29, 1.82) is 0 Å². The first-order valence-corrected chi connectivity index (χ1v) is 12.1. The van der Waals surface area contributed by atoms with Crippen LogP contribution in [0.5, 0.6) is 0 Å². The van der Waals surface area contributed by atoms with Crippen LogP contribution >= 0.6 is 11.6 Å². The normalized spacial score (nSPS) is 16.6. The second-order valence-corrected chi connectivity index (χ2v) is 9.28. The SMILES string of the molecule is O=C1c2cccc3cccc(c23)C(=O)N1CCCCCN1CCN(c2cccc(Cl)c2)CC1. The molecule has 5 nitrogen and oxygen atoms in total. The minimum absolute atomic E-state index is 0.165. The first-order valence-electron chi connectivity index (χ1n) is 11.7. The Morgan fingerprint density at radius 1 is 0.727 bits per heavy atom. The highest BCUT2D eigenvalue weighted by Crippen LogP contribution is 2.30. The Labute approximate surface area is 199 Å². The van der Waals surface area contributed by atoms with Crippen molar-refractivity contribution in [3.63, 3.8) is 0 Å². The molecule has 3 aromatic carbocycles. The van der Waals surface area contributed by atoms with E-state index in [0.717, 1.165) is 67.8 Å². The maximum absolute atomic E-state index is 13.0. The first-order chi connectivity index (χ1) is 16.1. The number of carbonyl (C=O) groups excluding carboxylic acids is 2. The second kappa shape index (κ2) is 9.54. The summed E-state index contributed by atoms with van der Waals surface area (Å²) in [6, 6.07) is 19.4. The molecule has 0 atom stereocenters. The van der Waals surface area contributed by atoms with Crippen LogP contribution < -0.4 is 4.90 Å². The Morgan fingerprint density at radius 2 is 1.36 bits per heavy atom. The number of piperazine rings is 1. The number of anilines is 1. The molecular formula is C27H28ClN3O2. The van der Waals surface area contributed by atoms with E-state index < -0.39 is 0 Å². The highest BCUT2D eigenvalue weighted by atomic mass is 35.5. The van der Waals surface area contributed by atoms with Crippen molar-refractivity contribution in [1.82, 2.24) is 9.80 Å². The molecule has 0 radical (unpaired) electrons. The lowest BCUT2D eigenvalue weighted by Crippen LogP contribution is -2.46. The third-order valence-electron chi connectivity index (χ3n) is 6.76. The summed E-state index contributed by atoms with van der Waals surface area (Å²) in [7, 11) is 0. The highest BCUT2D eigenvalue weighted by Gasteiger charge is 2.32. The molecule has 0 aromatic heterocycles. The van der Waals surface area contributed by atoms with Crippen molar-refractivity contribution in [3.8, 4) is 0 Å². The number of benzene rings is 3. The highest BCUT2D eigenvalue weighted by molar-refractivity contribution is 6.30. The van der Waals surface area contributed by atoms with Crippen LogP contribution in [0, 0.1) is 0 Å². The minimum atomic E-state index is -0.165. The average molecular weight is 462 g/mol. The van der Waals surface area contributed by atoms with Crippen LogP contribution in [-0.2, 0) is 0 Å². The molecule has 2 heterocycles. The quantitative estimate of drug-likeness (QED) is 0.363. The fourth-order valence-corrected chi connectivity index (χ4v) is 5.15. The van der Waals surface area contributed by atoms with Crippen LogP contribution in [0.2, 0.25) is 5.02 Å². The van der Waals surface area contributed by atoms with Gasteiger partial charge in [0.15, 0.2) is 0 Å². The Balaban J connectivity index is 1.09. The fourth-order valence-electron chi connectivity index (χ4n) is 4.97. The molecular weight excluding hydrogens is 434 g/mol. The third kappa shape index (κ3) is 4.48. The Bertz CT molecular complexity index is 1140. The zero-order valence-corrected chi connectivity index (χ0v) is 19.4. The Morgan fingerprint density at radius 3 is 2.03 bits per heavy atom. The molecule has 0 spiro atoms. The van der Waals surface area contributed by atoms with Gasteiger partial charge in [-0.25, -0.2) is 0 Å². The number of hydrogen-bond donors (Lipinski definition) is 0. The maximum Gasteiger partial charge on any atom is 0.261 e. The van der Waals surface area contributed by atoms with Crippen molar-refractivity contribution in [2.45, 2.75) is 19.3 Å². The number of rotatable bonds is 7. The summed E-state index contributed by atoms with van der Waals surface area (Å²) in [5.41, 5.74) is 2.47. The minimum Gasteiger partial charge on any atom is -0.369 e. The Kier molecular flexibility index (Phi) is 6.34. The molecule has 33 heavy (non-hydrogen) atoms. The number of carbonyl (C=O) groups is 2. The van der Waals surface area contributed by atoms with Crippen LogP contribution in [0.15, 0.2) is 60.7 Å². The number of halogens is 1. The van der Waals surface area contributed by atoms with Crippen LogP contribution in [0.3, 0.4) is 0 Å². The molecule has 170 valence electrons. The predicted octanol–water partition coefficient (Wildman–Crippen LogP) is 5.08.